The third-order valence-electron chi connectivity index (χ3n) is 2.16. The minimum atomic E-state index is -0.544. The maximum Gasteiger partial charge on any atom is 0.335 e. The van der Waals surface area contributed by atoms with E-state index < -0.39 is 6.10 Å². The Morgan fingerprint density at radius 2 is 2.00 bits per heavy atom. The molecule has 1 atom stereocenters. The molecule has 0 aliphatic rings. The van der Waals surface area contributed by atoms with Crippen molar-refractivity contribution in [2.75, 3.05) is 6.61 Å². The molecule has 17 heavy (non-hydrogen) atoms. The van der Waals surface area contributed by atoms with Gasteiger partial charge in [-0.2, -0.15) is 0 Å². The van der Waals surface area contributed by atoms with E-state index in [2.05, 4.69) is 4.98 Å². The number of rotatable bonds is 6. The molecular formula is C13H19NO3. The van der Waals surface area contributed by atoms with E-state index in [1.54, 1.807) is 19.3 Å². The molecule has 0 aromatic carbocycles. The molecule has 0 saturated heterocycles. The van der Waals surface area contributed by atoms with Gasteiger partial charge in [-0.25, -0.2) is 4.79 Å². The van der Waals surface area contributed by atoms with Gasteiger partial charge in [-0.3, -0.25) is 4.98 Å². The number of hydrogen-bond donors (Lipinski definition) is 0. The number of carbonyl (C=O) groups excluding carboxylic acids is 1. The van der Waals surface area contributed by atoms with Crippen molar-refractivity contribution in [3.8, 4) is 0 Å². The van der Waals surface area contributed by atoms with Crippen molar-refractivity contribution in [2.24, 2.45) is 0 Å². The third-order valence-corrected chi connectivity index (χ3v) is 2.16. The highest BCUT2D eigenvalue weighted by Crippen LogP contribution is 2.09. The first-order valence-electron chi connectivity index (χ1n) is 5.84. The maximum atomic E-state index is 11.7. The molecular weight excluding hydrogens is 218 g/mol. The van der Waals surface area contributed by atoms with Crippen LogP contribution in [0.5, 0.6) is 0 Å². The predicted octanol–water partition coefficient (Wildman–Crippen LogP) is 1.98. The second kappa shape index (κ2) is 7.01. The SMILES string of the molecule is CCOC(=O)C(Cc1ccncc1)OC(C)C. The Kier molecular flexibility index (Phi) is 5.63. The summed E-state index contributed by atoms with van der Waals surface area (Å²) in [6.07, 6.45) is 3.36. The molecule has 1 heterocycles. The molecule has 0 radical (unpaired) electrons. The summed E-state index contributed by atoms with van der Waals surface area (Å²) in [7, 11) is 0. The molecule has 0 N–H and O–H groups in total. The van der Waals surface area contributed by atoms with Crippen LogP contribution in [0.25, 0.3) is 0 Å². The molecule has 1 aromatic heterocycles. The first kappa shape index (κ1) is 13.6. The van der Waals surface area contributed by atoms with Gasteiger partial charge in [0.2, 0.25) is 0 Å². The van der Waals surface area contributed by atoms with Crippen molar-refractivity contribution >= 4 is 5.97 Å². The molecule has 0 amide bonds. The molecule has 1 rings (SSSR count). The molecule has 0 aliphatic carbocycles. The summed E-state index contributed by atoms with van der Waals surface area (Å²) in [5, 5.41) is 0. The largest absolute Gasteiger partial charge is 0.464 e. The van der Waals surface area contributed by atoms with Crippen LogP contribution in [-0.4, -0.2) is 29.8 Å². The van der Waals surface area contributed by atoms with E-state index in [9.17, 15) is 4.79 Å². The summed E-state index contributed by atoms with van der Waals surface area (Å²) in [4.78, 5) is 15.7. The average Bonchev–Trinajstić information content (AvgIpc) is 2.29. The fourth-order valence-electron chi connectivity index (χ4n) is 1.48. The van der Waals surface area contributed by atoms with E-state index in [-0.39, 0.29) is 12.1 Å². The van der Waals surface area contributed by atoms with Crippen LogP contribution in [0.15, 0.2) is 24.5 Å². The van der Waals surface area contributed by atoms with Crippen molar-refractivity contribution in [2.45, 2.75) is 39.4 Å². The number of hydrogen-bond acceptors (Lipinski definition) is 4. The minimum absolute atomic E-state index is 0.00811. The van der Waals surface area contributed by atoms with Crippen LogP contribution in [0, 0.1) is 0 Å². The zero-order valence-corrected chi connectivity index (χ0v) is 10.6. The molecule has 0 bridgehead atoms. The smallest absolute Gasteiger partial charge is 0.335 e. The monoisotopic (exact) mass is 237 g/mol. The normalized spacial score (nSPS) is 12.5. The van der Waals surface area contributed by atoms with Gasteiger partial charge in [-0.15, -0.1) is 0 Å². The zero-order chi connectivity index (χ0) is 12.7. The van der Waals surface area contributed by atoms with Crippen molar-refractivity contribution in [1.82, 2.24) is 4.98 Å². The average molecular weight is 237 g/mol. The molecule has 0 fully saturated rings. The highest BCUT2D eigenvalue weighted by Gasteiger charge is 2.22. The second-order valence-corrected chi connectivity index (χ2v) is 3.99. The van der Waals surface area contributed by atoms with Gasteiger partial charge in [0.15, 0.2) is 6.10 Å². The molecule has 4 heteroatoms. The zero-order valence-electron chi connectivity index (χ0n) is 10.6. The number of pyridine rings is 1. The maximum absolute atomic E-state index is 11.7. The first-order chi connectivity index (χ1) is 8.13. The second-order valence-electron chi connectivity index (χ2n) is 3.99. The minimum Gasteiger partial charge on any atom is -0.464 e. The highest BCUT2D eigenvalue weighted by atomic mass is 16.6. The standard InChI is InChI=1S/C13H19NO3/c1-4-16-13(15)12(17-10(2)3)9-11-5-7-14-8-6-11/h5-8,10,12H,4,9H2,1-3H3. The van der Waals surface area contributed by atoms with Gasteiger partial charge < -0.3 is 9.47 Å². The van der Waals surface area contributed by atoms with Crippen LogP contribution < -0.4 is 0 Å². The van der Waals surface area contributed by atoms with E-state index in [1.165, 1.54) is 0 Å². The van der Waals surface area contributed by atoms with Crippen LogP contribution in [0.4, 0.5) is 0 Å². The van der Waals surface area contributed by atoms with Crippen molar-refractivity contribution < 1.29 is 14.3 Å². The Labute approximate surface area is 102 Å². The van der Waals surface area contributed by atoms with Gasteiger partial charge in [-0.1, -0.05) is 0 Å². The lowest BCUT2D eigenvalue weighted by atomic mass is 10.1. The van der Waals surface area contributed by atoms with E-state index in [0.717, 1.165) is 5.56 Å². The van der Waals surface area contributed by atoms with E-state index in [4.69, 9.17) is 9.47 Å². The Morgan fingerprint density at radius 3 is 2.53 bits per heavy atom. The van der Waals surface area contributed by atoms with Crippen molar-refractivity contribution in [3.05, 3.63) is 30.1 Å². The summed E-state index contributed by atoms with van der Waals surface area (Å²) in [5.41, 5.74) is 1.01. The molecule has 4 nitrogen and oxygen atoms in total. The highest BCUT2D eigenvalue weighted by molar-refractivity contribution is 5.75. The van der Waals surface area contributed by atoms with E-state index in [1.807, 2.05) is 26.0 Å². The van der Waals surface area contributed by atoms with Crippen LogP contribution >= 0.6 is 0 Å². The van der Waals surface area contributed by atoms with Gasteiger partial charge >= 0.3 is 5.97 Å². The lowest BCUT2D eigenvalue weighted by molar-refractivity contribution is -0.159. The summed E-state index contributed by atoms with van der Waals surface area (Å²) < 4.78 is 10.6. The van der Waals surface area contributed by atoms with Gasteiger partial charge in [-0.05, 0) is 38.5 Å². The van der Waals surface area contributed by atoms with Gasteiger partial charge in [0.25, 0.3) is 0 Å². The fraction of sp³-hybridized carbons (Fsp3) is 0.538. The van der Waals surface area contributed by atoms with Crippen molar-refractivity contribution in [1.29, 1.82) is 0 Å². The topological polar surface area (TPSA) is 48.4 Å². The van der Waals surface area contributed by atoms with Gasteiger partial charge in [0, 0.05) is 18.8 Å². The van der Waals surface area contributed by atoms with E-state index in [0.29, 0.717) is 13.0 Å². The molecule has 0 aliphatic heterocycles. The van der Waals surface area contributed by atoms with Gasteiger partial charge in [0.1, 0.15) is 0 Å². The quantitative estimate of drug-likeness (QED) is 0.710. The summed E-state index contributed by atoms with van der Waals surface area (Å²) in [6, 6.07) is 3.74. The molecule has 0 spiro atoms. The number of carbonyl (C=O) groups is 1. The predicted molar refractivity (Wildman–Crippen MR) is 64.6 cm³/mol. The Balaban J connectivity index is 2.66. The van der Waals surface area contributed by atoms with Crippen molar-refractivity contribution in [3.63, 3.8) is 0 Å². The van der Waals surface area contributed by atoms with E-state index >= 15 is 0 Å². The van der Waals surface area contributed by atoms with Gasteiger partial charge in [0.05, 0.1) is 12.7 Å². The Morgan fingerprint density at radius 1 is 1.35 bits per heavy atom. The van der Waals surface area contributed by atoms with Crippen LogP contribution in [0.3, 0.4) is 0 Å². The lowest BCUT2D eigenvalue weighted by Crippen LogP contribution is -2.31. The Hall–Kier alpha value is -1.42. The molecule has 0 saturated carbocycles. The number of ether oxygens (including phenoxy) is 2. The lowest BCUT2D eigenvalue weighted by Gasteiger charge is -2.18. The van der Waals surface area contributed by atoms with Crippen LogP contribution in [0.2, 0.25) is 0 Å². The van der Waals surface area contributed by atoms with Crippen LogP contribution in [0.1, 0.15) is 26.3 Å². The molecule has 1 aromatic rings. The number of aromatic nitrogens is 1. The summed E-state index contributed by atoms with van der Waals surface area (Å²) in [6.45, 7) is 5.96. The van der Waals surface area contributed by atoms with Crippen LogP contribution in [-0.2, 0) is 20.7 Å². The first-order valence-corrected chi connectivity index (χ1v) is 5.84. The summed E-state index contributed by atoms with van der Waals surface area (Å²) in [5.74, 6) is -0.307. The summed E-state index contributed by atoms with van der Waals surface area (Å²) >= 11 is 0. The Bertz CT molecular complexity index is 338. The molecule has 94 valence electrons. The number of nitrogens with zero attached hydrogens (tertiary/aromatic N) is 1. The molecule has 1 unspecified atom stereocenters. The third kappa shape index (κ3) is 4.95. The number of esters is 1. The fourth-order valence-corrected chi connectivity index (χ4v) is 1.48.